The first-order valence-electron chi connectivity index (χ1n) is 4.27. The molecule has 0 heterocycles. The highest BCUT2D eigenvalue weighted by atomic mass is 32.2. The number of aliphatic hydroxyl groups excluding tert-OH is 2. The largest absolute Gasteiger partial charge is 0.481 e. The van der Waals surface area contributed by atoms with Gasteiger partial charge in [0.05, 0.1) is 19.1 Å². The molecule has 0 aromatic carbocycles. The Labute approximate surface area is 90.9 Å². The summed E-state index contributed by atoms with van der Waals surface area (Å²) < 4.78 is 0. The lowest BCUT2D eigenvalue weighted by molar-refractivity contribution is -0.142. The lowest BCUT2D eigenvalue weighted by Gasteiger charge is -2.19. The number of carbonyl (C=O) groups is 2. The number of hydrogen-bond acceptors (Lipinski definition) is 5. The summed E-state index contributed by atoms with van der Waals surface area (Å²) >= 11 is 0.823. The molecule has 0 radical (unpaired) electrons. The molecule has 3 unspecified atom stereocenters. The molecule has 0 aliphatic carbocycles. The zero-order valence-electron chi connectivity index (χ0n) is 8.16. The van der Waals surface area contributed by atoms with Crippen molar-refractivity contribution in [2.75, 3.05) is 6.61 Å². The molecule has 0 spiro atoms. The van der Waals surface area contributed by atoms with Crippen LogP contribution in [0.15, 0.2) is 0 Å². The lowest BCUT2D eigenvalue weighted by Crippen LogP contribution is -2.30. The molecular formula is C8H14O6S. The van der Waals surface area contributed by atoms with Crippen LogP contribution in [0.3, 0.4) is 0 Å². The zero-order valence-corrected chi connectivity index (χ0v) is 8.98. The van der Waals surface area contributed by atoms with E-state index in [-0.39, 0.29) is 0 Å². The second kappa shape index (κ2) is 6.65. The third-order valence-corrected chi connectivity index (χ3v) is 3.18. The molecule has 3 atom stereocenters. The molecule has 88 valence electrons. The molecule has 6 nitrogen and oxygen atoms in total. The highest BCUT2D eigenvalue weighted by Gasteiger charge is 2.26. The number of aliphatic carboxylic acids is 2. The van der Waals surface area contributed by atoms with E-state index in [0.29, 0.717) is 0 Å². The van der Waals surface area contributed by atoms with Crippen LogP contribution in [0.4, 0.5) is 0 Å². The van der Waals surface area contributed by atoms with E-state index in [2.05, 4.69) is 0 Å². The van der Waals surface area contributed by atoms with Crippen LogP contribution in [-0.2, 0) is 9.59 Å². The smallest absolute Gasteiger partial charge is 0.317 e. The summed E-state index contributed by atoms with van der Waals surface area (Å²) in [4.78, 5) is 21.0. The quantitative estimate of drug-likeness (QED) is 0.467. The van der Waals surface area contributed by atoms with Gasteiger partial charge in [-0.25, -0.2) is 0 Å². The van der Waals surface area contributed by atoms with Crippen LogP contribution in [0.1, 0.15) is 13.3 Å². The van der Waals surface area contributed by atoms with Crippen LogP contribution in [0, 0.1) is 0 Å². The minimum atomic E-state index is -1.24. The molecule has 0 saturated carbocycles. The van der Waals surface area contributed by atoms with Gasteiger partial charge in [-0.2, -0.15) is 0 Å². The van der Waals surface area contributed by atoms with Gasteiger partial charge in [0.25, 0.3) is 0 Å². The minimum absolute atomic E-state index is 0.479. The third kappa shape index (κ3) is 5.60. The topological polar surface area (TPSA) is 115 Å². The van der Waals surface area contributed by atoms with Crippen LogP contribution < -0.4 is 0 Å². The van der Waals surface area contributed by atoms with Gasteiger partial charge in [0.2, 0.25) is 0 Å². The van der Waals surface area contributed by atoms with Gasteiger partial charge in [0.1, 0.15) is 5.25 Å². The first-order chi connectivity index (χ1) is 6.88. The average molecular weight is 238 g/mol. The molecule has 7 heteroatoms. The number of hydrogen-bond donors (Lipinski definition) is 4. The second-order valence-electron chi connectivity index (χ2n) is 3.02. The molecule has 0 aliphatic heterocycles. The van der Waals surface area contributed by atoms with E-state index in [1.807, 2.05) is 0 Å². The van der Waals surface area contributed by atoms with Crippen molar-refractivity contribution in [1.29, 1.82) is 0 Å². The normalized spacial score (nSPS) is 16.7. The highest BCUT2D eigenvalue weighted by Crippen LogP contribution is 2.23. The molecular weight excluding hydrogens is 224 g/mol. The Balaban J connectivity index is 4.28. The Morgan fingerprint density at radius 3 is 2.20 bits per heavy atom. The van der Waals surface area contributed by atoms with Crippen molar-refractivity contribution < 1.29 is 30.0 Å². The van der Waals surface area contributed by atoms with Crippen LogP contribution in [-0.4, -0.2) is 55.6 Å². The Morgan fingerprint density at radius 1 is 1.33 bits per heavy atom. The molecule has 0 aromatic heterocycles. The maximum Gasteiger partial charge on any atom is 0.317 e. The molecule has 15 heavy (non-hydrogen) atoms. The zero-order chi connectivity index (χ0) is 12.0. The van der Waals surface area contributed by atoms with Crippen LogP contribution in [0.2, 0.25) is 0 Å². The van der Waals surface area contributed by atoms with Crippen molar-refractivity contribution in [3.8, 4) is 0 Å². The van der Waals surface area contributed by atoms with E-state index in [0.717, 1.165) is 11.8 Å². The first-order valence-corrected chi connectivity index (χ1v) is 5.21. The van der Waals surface area contributed by atoms with Gasteiger partial charge in [0.15, 0.2) is 0 Å². The standard InChI is InChI=1S/C8H14O6S/c1-4(5(10)3-9)15-6(8(13)14)2-7(11)12/h4-6,9-10H,2-3H2,1H3,(H,11,12)(H,13,14). The van der Waals surface area contributed by atoms with Gasteiger partial charge in [-0.1, -0.05) is 6.92 Å². The number of rotatable bonds is 7. The van der Waals surface area contributed by atoms with Gasteiger partial charge in [-0.05, 0) is 0 Å². The van der Waals surface area contributed by atoms with Crippen LogP contribution in [0.25, 0.3) is 0 Å². The number of aliphatic hydroxyl groups is 2. The fourth-order valence-electron chi connectivity index (χ4n) is 0.850. The molecule has 0 amide bonds. The molecule has 0 fully saturated rings. The predicted octanol–water partition coefficient (Wildman–Crippen LogP) is -0.611. The summed E-state index contributed by atoms with van der Waals surface area (Å²) in [6.07, 6.45) is -1.56. The monoisotopic (exact) mass is 238 g/mol. The molecule has 0 saturated heterocycles. The van der Waals surface area contributed by atoms with Gasteiger partial charge < -0.3 is 20.4 Å². The van der Waals surface area contributed by atoms with E-state index in [4.69, 9.17) is 15.3 Å². The van der Waals surface area contributed by atoms with Crippen molar-refractivity contribution in [2.45, 2.75) is 29.9 Å². The van der Waals surface area contributed by atoms with Crippen molar-refractivity contribution in [3.05, 3.63) is 0 Å². The fraction of sp³-hybridized carbons (Fsp3) is 0.750. The molecule has 0 aromatic rings. The second-order valence-corrected chi connectivity index (χ2v) is 4.60. The SMILES string of the molecule is CC(SC(CC(=O)O)C(=O)O)C(O)CO. The summed E-state index contributed by atoms with van der Waals surface area (Å²) in [7, 11) is 0. The Morgan fingerprint density at radius 2 is 1.87 bits per heavy atom. The predicted molar refractivity (Wildman–Crippen MR) is 53.8 cm³/mol. The molecule has 0 aliphatic rings. The summed E-state index contributed by atoms with van der Waals surface area (Å²) in [5.41, 5.74) is 0. The Bertz CT molecular complexity index is 231. The van der Waals surface area contributed by atoms with E-state index in [1.165, 1.54) is 6.92 Å². The van der Waals surface area contributed by atoms with E-state index < -0.39 is 41.6 Å². The van der Waals surface area contributed by atoms with Crippen LogP contribution >= 0.6 is 11.8 Å². The lowest BCUT2D eigenvalue weighted by atomic mass is 10.3. The maximum atomic E-state index is 10.7. The van der Waals surface area contributed by atoms with E-state index in [1.54, 1.807) is 0 Å². The summed E-state index contributed by atoms with van der Waals surface area (Å²) in [6, 6.07) is 0. The average Bonchev–Trinajstić information content (AvgIpc) is 2.14. The van der Waals surface area contributed by atoms with E-state index >= 15 is 0 Å². The maximum absolute atomic E-state index is 10.7. The number of carboxylic acid groups (broad SMARTS) is 2. The van der Waals surface area contributed by atoms with Crippen molar-refractivity contribution in [2.24, 2.45) is 0 Å². The van der Waals surface area contributed by atoms with Gasteiger partial charge in [0, 0.05) is 5.25 Å². The Hall–Kier alpha value is -0.790. The number of thioether (sulfide) groups is 1. The summed E-state index contributed by atoms with van der Waals surface area (Å²) in [6.45, 7) is 1.05. The van der Waals surface area contributed by atoms with Crippen molar-refractivity contribution >= 4 is 23.7 Å². The third-order valence-electron chi connectivity index (χ3n) is 1.74. The minimum Gasteiger partial charge on any atom is -0.481 e. The molecule has 0 rings (SSSR count). The Kier molecular flexibility index (Phi) is 6.30. The highest BCUT2D eigenvalue weighted by molar-refractivity contribution is 8.01. The van der Waals surface area contributed by atoms with Crippen molar-refractivity contribution in [1.82, 2.24) is 0 Å². The summed E-state index contributed by atoms with van der Waals surface area (Å²) in [5, 5.41) is 33.3. The van der Waals surface area contributed by atoms with Crippen molar-refractivity contribution in [3.63, 3.8) is 0 Å². The van der Waals surface area contributed by atoms with Gasteiger partial charge >= 0.3 is 11.9 Å². The summed E-state index contributed by atoms with van der Waals surface area (Å²) in [5.74, 6) is -2.44. The molecule has 0 bridgehead atoms. The first kappa shape index (κ1) is 14.2. The fourth-order valence-corrected chi connectivity index (χ4v) is 1.99. The van der Waals surface area contributed by atoms with Gasteiger partial charge in [-0.3, -0.25) is 9.59 Å². The van der Waals surface area contributed by atoms with Gasteiger partial charge in [-0.15, -0.1) is 11.8 Å². The number of carboxylic acids is 2. The molecule has 4 N–H and O–H groups in total. The van der Waals surface area contributed by atoms with Crippen LogP contribution in [0.5, 0.6) is 0 Å². The van der Waals surface area contributed by atoms with E-state index in [9.17, 15) is 14.7 Å².